The van der Waals surface area contributed by atoms with Crippen LogP contribution in [0.25, 0.3) is 0 Å². The zero-order valence-electron chi connectivity index (χ0n) is 14.0. The fraction of sp³-hybridized carbons (Fsp3) is 0.600. The van der Waals surface area contributed by atoms with Crippen molar-refractivity contribution in [2.24, 2.45) is 0 Å². The van der Waals surface area contributed by atoms with E-state index >= 15 is 0 Å². The van der Waals surface area contributed by atoms with E-state index in [2.05, 4.69) is 0 Å². The highest BCUT2D eigenvalue weighted by Gasteiger charge is 2.47. The summed E-state index contributed by atoms with van der Waals surface area (Å²) in [4.78, 5) is -0.797. The molecule has 11 heteroatoms. The van der Waals surface area contributed by atoms with Gasteiger partial charge in [-0.1, -0.05) is 13.8 Å². The van der Waals surface area contributed by atoms with Crippen LogP contribution in [0.1, 0.15) is 13.8 Å². The zero-order chi connectivity index (χ0) is 19.6. The normalized spacial score (nSPS) is 29.9. The van der Waals surface area contributed by atoms with Crippen molar-refractivity contribution in [3.63, 3.8) is 0 Å². The largest absolute Gasteiger partial charge is 0.394 e. The Morgan fingerprint density at radius 1 is 1.19 bits per heavy atom. The maximum Gasteiger partial charge on any atom is 0.297 e. The molecule has 0 spiro atoms. The number of hydrogen-bond acceptors (Lipinski definition) is 8. The van der Waals surface area contributed by atoms with E-state index in [0.29, 0.717) is 18.2 Å². The minimum atomic E-state index is -4.70. The van der Waals surface area contributed by atoms with Crippen LogP contribution in [0.3, 0.4) is 0 Å². The molecule has 0 amide bonds. The first kappa shape index (κ1) is 21.5. The summed E-state index contributed by atoms with van der Waals surface area (Å²) < 4.78 is 61.5. The van der Waals surface area contributed by atoms with Gasteiger partial charge >= 0.3 is 0 Å². The average Bonchev–Trinajstić information content (AvgIpc) is 2.53. The molecule has 0 bridgehead atoms. The molecule has 7 nitrogen and oxygen atoms in total. The Labute approximate surface area is 154 Å². The monoisotopic (exact) mass is 414 g/mol. The molecule has 1 aromatic rings. The highest BCUT2D eigenvalue weighted by molar-refractivity contribution is 8.00. The minimum absolute atomic E-state index is 0.0150. The van der Waals surface area contributed by atoms with Gasteiger partial charge < -0.3 is 20.1 Å². The average molecular weight is 414 g/mol. The van der Waals surface area contributed by atoms with Crippen LogP contribution in [-0.4, -0.2) is 65.4 Å². The molecule has 1 aliphatic heterocycles. The van der Waals surface area contributed by atoms with Gasteiger partial charge in [0.2, 0.25) is 0 Å². The molecule has 0 aromatic heterocycles. The molecule has 5 atom stereocenters. The van der Waals surface area contributed by atoms with E-state index in [9.17, 15) is 32.5 Å². The lowest BCUT2D eigenvalue weighted by atomic mass is 10.0. The molecule has 1 saturated heterocycles. The predicted octanol–water partition coefficient (Wildman–Crippen LogP) is 0.619. The second-order valence-corrected chi connectivity index (χ2v) is 9.26. The third kappa shape index (κ3) is 4.91. The van der Waals surface area contributed by atoms with Crippen LogP contribution in [0, 0.1) is 11.6 Å². The van der Waals surface area contributed by atoms with Crippen molar-refractivity contribution < 1.29 is 41.4 Å². The van der Waals surface area contributed by atoms with E-state index in [-0.39, 0.29) is 5.25 Å². The van der Waals surface area contributed by atoms with Crippen molar-refractivity contribution in [1.82, 2.24) is 0 Å². The molecular formula is C15H20F2O7S2. The van der Waals surface area contributed by atoms with E-state index < -0.39 is 63.1 Å². The maximum absolute atomic E-state index is 13.3. The second-order valence-electron chi connectivity index (χ2n) is 6.01. The first-order chi connectivity index (χ1) is 12.0. The lowest BCUT2D eigenvalue weighted by Crippen LogP contribution is -2.59. The summed E-state index contributed by atoms with van der Waals surface area (Å²) in [5, 5.41) is 29.8. The summed E-state index contributed by atoms with van der Waals surface area (Å²) in [6, 6.07) is 1.61. The first-order valence-corrected chi connectivity index (χ1v) is 10.1. The van der Waals surface area contributed by atoms with Gasteiger partial charge in [-0.25, -0.2) is 8.78 Å². The molecule has 2 rings (SSSR count). The van der Waals surface area contributed by atoms with Crippen LogP contribution < -0.4 is 0 Å². The van der Waals surface area contributed by atoms with E-state index in [1.54, 1.807) is 0 Å². The number of thioether (sulfide) groups is 1. The van der Waals surface area contributed by atoms with E-state index in [1.165, 1.54) is 0 Å². The smallest absolute Gasteiger partial charge is 0.297 e. The van der Waals surface area contributed by atoms with Gasteiger partial charge in [0.1, 0.15) is 41.5 Å². The van der Waals surface area contributed by atoms with Gasteiger partial charge in [0.25, 0.3) is 10.1 Å². The van der Waals surface area contributed by atoms with Gasteiger partial charge in [-0.15, -0.1) is 11.8 Å². The van der Waals surface area contributed by atoms with Crippen molar-refractivity contribution >= 4 is 21.9 Å². The second kappa shape index (κ2) is 8.46. The molecule has 3 N–H and O–H groups in total. The lowest BCUT2D eigenvalue weighted by Gasteiger charge is -2.41. The summed E-state index contributed by atoms with van der Waals surface area (Å²) in [6.07, 6.45) is -6.12. The number of ether oxygens (including phenoxy) is 1. The maximum atomic E-state index is 13.3. The van der Waals surface area contributed by atoms with Crippen molar-refractivity contribution in [3.05, 3.63) is 29.8 Å². The Morgan fingerprint density at radius 3 is 2.27 bits per heavy atom. The highest BCUT2D eigenvalue weighted by Crippen LogP contribution is 2.33. The van der Waals surface area contributed by atoms with Crippen molar-refractivity contribution in [1.29, 1.82) is 0 Å². The quantitative estimate of drug-likeness (QED) is 0.581. The third-order valence-corrected chi connectivity index (χ3v) is 6.08. The summed E-state index contributed by atoms with van der Waals surface area (Å²) in [5.74, 6) is -2.25. The van der Waals surface area contributed by atoms with E-state index in [0.717, 1.165) is 11.8 Å². The number of aliphatic hydroxyl groups is 3. The standard InChI is InChI=1S/C15H20F2O7S2/c1-7(2)25-15-13(20)14(12(19)11(6-18)23-15)24-26(21,22)10-4-8(16)3-9(17)5-10/h3-5,7,11-15,18-20H,6H2,1-2H3/t11-,12+,13-,14+,15+/m1/s1. The summed E-state index contributed by atoms with van der Waals surface area (Å²) in [5.41, 5.74) is -0.972. The molecule has 1 aliphatic rings. The molecule has 0 saturated carbocycles. The summed E-state index contributed by atoms with van der Waals surface area (Å²) >= 11 is 1.15. The van der Waals surface area contributed by atoms with Crippen LogP contribution >= 0.6 is 11.8 Å². The van der Waals surface area contributed by atoms with Crippen LogP contribution in [0.4, 0.5) is 8.78 Å². The number of aliphatic hydroxyl groups excluding tert-OH is 3. The van der Waals surface area contributed by atoms with Crippen LogP contribution in [0.2, 0.25) is 0 Å². The van der Waals surface area contributed by atoms with Crippen LogP contribution in [0.15, 0.2) is 23.1 Å². The highest BCUT2D eigenvalue weighted by atomic mass is 32.2. The number of benzene rings is 1. The van der Waals surface area contributed by atoms with Crippen LogP contribution in [0.5, 0.6) is 0 Å². The molecule has 148 valence electrons. The Bertz CT molecular complexity index is 708. The van der Waals surface area contributed by atoms with E-state index in [4.69, 9.17) is 8.92 Å². The Balaban J connectivity index is 2.31. The lowest BCUT2D eigenvalue weighted by molar-refractivity contribution is -0.197. The van der Waals surface area contributed by atoms with Gasteiger partial charge in [0.05, 0.1) is 11.5 Å². The number of hydrogen-bond donors (Lipinski definition) is 3. The summed E-state index contributed by atoms with van der Waals surface area (Å²) in [6.45, 7) is 2.97. The molecule has 1 aromatic carbocycles. The molecule has 0 aliphatic carbocycles. The number of rotatable bonds is 6. The number of halogens is 2. The van der Waals surface area contributed by atoms with E-state index in [1.807, 2.05) is 13.8 Å². The van der Waals surface area contributed by atoms with Crippen molar-refractivity contribution in [3.8, 4) is 0 Å². The van der Waals surface area contributed by atoms with Gasteiger partial charge in [0, 0.05) is 11.3 Å². The fourth-order valence-corrected chi connectivity index (χ4v) is 4.63. The Morgan fingerprint density at radius 2 is 1.77 bits per heavy atom. The zero-order valence-corrected chi connectivity index (χ0v) is 15.6. The van der Waals surface area contributed by atoms with Gasteiger partial charge in [-0.05, 0) is 12.1 Å². The molecule has 0 radical (unpaired) electrons. The van der Waals surface area contributed by atoms with Gasteiger partial charge in [-0.2, -0.15) is 8.42 Å². The topological polar surface area (TPSA) is 113 Å². The first-order valence-electron chi connectivity index (χ1n) is 7.72. The minimum Gasteiger partial charge on any atom is -0.394 e. The molecular weight excluding hydrogens is 394 g/mol. The molecule has 0 unspecified atom stereocenters. The summed E-state index contributed by atoms with van der Waals surface area (Å²) in [7, 11) is -4.70. The van der Waals surface area contributed by atoms with Crippen molar-refractivity contribution in [2.75, 3.05) is 6.61 Å². The van der Waals surface area contributed by atoms with Crippen LogP contribution in [-0.2, 0) is 19.0 Å². The van der Waals surface area contributed by atoms with Crippen molar-refractivity contribution in [2.45, 2.75) is 53.8 Å². The Kier molecular flexibility index (Phi) is 6.99. The van der Waals surface area contributed by atoms with Gasteiger partial charge in [0.15, 0.2) is 0 Å². The molecule has 1 heterocycles. The molecule has 26 heavy (non-hydrogen) atoms. The predicted molar refractivity (Wildman–Crippen MR) is 88.9 cm³/mol. The Hall–Kier alpha value is -0.820. The van der Waals surface area contributed by atoms with Gasteiger partial charge in [-0.3, -0.25) is 4.18 Å². The molecule has 1 fully saturated rings. The third-order valence-electron chi connectivity index (χ3n) is 3.59. The fourth-order valence-electron chi connectivity index (χ4n) is 2.42. The SMILES string of the molecule is CC(C)S[C@@H]1O[C@H](CO)[C@H](O)[C@H](OS(=O)(=O)c2cc(F)cc(F)c2)[C@H]1O.